The Balaban J connectivity index is 1.57. The van der Waals surface area contributed by atoms with E-state index in [-0.39, 0.29) is 23.9 Å². The lowest BCUT2D eigenvalue weighted by molar-refractivity contribution is -0.118. The van der Waals surface area contributed by atoms with Crippen LogP contribution in [0.4, 0.5) is 11.4 Å². The lowest BCUT2D eigenvalue weighted by Crippen LogP contribution is -2.41. The summed E-state index contributed by atoms with van der Waals surface area (Å²) in [5, 5.41) is 3.94. The average molecular weight is 378 g/mol. The van der Waals surface area contributed by atoms with Crippen molar-refractivity contribution in [3.05, 3.63) is 42.6 Å². The largest absolute Gasteiger partial charge is 0.378 e. The van der Waals surface area contributed by atoms with Gasteiger partial charge in [-0.15, -0.1) is 0 Å². The highest BCUT2D eigenvalue weighted by Crippen LogP contribution is 2.27. The van der Waals surface area contributed by atoms with Crippen molar-refractivity contribution in [2.75, 3.05) is 24.3 Å². The van der Waals surface area contributed by atoms with Crippen molar-refractivity contribution in [2.24, 2.45) is 5.92 Å². The van der Waals surface area contributed by atoms with Crippen molar-refractivity contribution in [1.29, 1.82) is 0 Å². The quantitative estimate of drug-likeness (QED) is 0.561. The van der Waals surface area contributed by atoms with Crippen LogP contribution >= 0.6 is 0 Å². The van der Waals surface area contributed by atoms with Gasteiger partial charge < -0.3 is 15.2 Å². The number of nitrogens with one attached hydrogen (secondary N) is 4. The van der Waals surface area contributed by atoms with Crippen LogP contribution in [0.25, 0.3) is 22.3 Å². The van der Waals surface area contributed by atoms with E-state index in [9.17, 15) is 4.79 Å². The number of benzene rings is 1. The minimum Gasteiger partial charge on any atom is -0.378 e. The number of carbonyl (C=O) groups is 1. The first-order valence-corrected chi connectivity index (χ1v) is 9.51. The number of aromatic nitrogens is 2. The Bertz CT molecular complexity index is 1010. The Hall–Kier alpha value is -2.90. The number of carbonyl (C=O) groups excluding carboxylic acids is 1. The van der Waals surface area contributed by atoms with E-state index in [1.54, 1.807) is 6.20 Å². The van der Waals surface area contributed by atoms with Crippen molar-refractivity contribution in [3.63, 3.8) is 0 Å². The number of nitrogens with zero attached hydrogens (tertiary/aromatic N) is 2. The van der Waals surface area contributed by atoms with Crippen molar-refractivity contribution in [3.8, 4) is 11.3 Å². The fraction of sp³-hybridized carbons (Fsp3) is 0.333. The third-order valence-electron chi connectivity index (χ3n) is 5.47. The normalized spacial score (nSPS) is 21.8. The van der Waals surface area contributed by atoms with E-state index in [1.165, 1.54) is 0 Å². The van der Waals surface area contributed by atoms with E-state index >= 15 is 0 Å². The maximum atomic E-state index is 12.6. The summed E-state index contributed by atoms with van der Waals surface area (Å²) in [6.07, 6.45) is 1.69. The smallest absolute Gasteiger partial charge is 0.243 e. The van der Waals surface area contributed by atoms with Gasteiger partial charge >= 0.3 is 0 Å². The number of hydrogen-bond acceptors (Lipinski definition) is 5. The molecule has 1 fully saturated rings. The van der Waals surface area contributed by atoms with E-state index in [2.05, 4.69) is 69.1 Å². The lowest BCUT2D eigenvalue weighted by Gasteiger charge is -2.15. The molecular formula is C21H26N6O. The van der Waals surface area contributed by atoms with Gasteiger partial charge in [0.05, 0.1) is 11.9 Å². The van der Waals surface area contributed by atoms with Gasteiger partial charge in [0.25, 0.3) is 0 Å². The van der Waals surface area contributed by atoms with Crippen molar-refractivity contribution in [1.82, 2.24) is 20.8 Å². The predicted molar refractivity (Wildman–Crippen MR) is 113 cm³/mol. The van der Waals surface area contributed by atoms with E-state index in [0.29, 0.717) is 5.69 Å². The number of pyridine rings is 1. The number of amides is 1. The van der Waals surface area contributed by atoms with Gasteiger partial charge in [0.2, 0.25) is 5.91 Å². The van der Waals surface area contributed by atoms with Crippen LogP contribution in [0, 0.1) is 5.92 Å². The first-order valence-electron chi connectivity index (χ1n) is 9.51. The molecule has 0 spiro atoms. The first-order chi connectivity index (χ1) is 13.4. The van der Waals surface area contributed by atoms with Crippen molar-refractivity contribution in [2.45, 2.75) is 25.9 Å². The minimum atomic E-state index is -0.263. The van der Waals surface area contributed by atoms with Gasteiger partial charge in [-0.05, 0) is 37.1 Å². The van der Waals surface area contributed by atoms with Gasteiger partial charge in [0.15, 0.2) is 0 Å². The Kier molecular flexibility index (Phi) is 4.78. The zero-order valence-electron chi connectivity index (χ0n) is 16.6. The lowest BCUT2D eigenvalue weighted by atomic mass is 9.97. The van der Waals surface area contributed by atoms with Crippen LogP contribution in [-0.4, -0.2) is 42.1 Å². The summed E-state index contributed by atoms with van der Waals surface area (Å²) in [5.41, 5.74) is 10.9. The van der Waals surface area contributed by atoms with Gasteiger partial charge in [-0.2, -0.15) is 0 Å². The zero-order chi connectivity index (χ0) is 19.8. The van der Waals surface area contributed by atoms with Crippen molar-refractivity contribution < 1.29 is 4.79 Å². The van der Waals surface area contributed by atoms with E-state index in [4.69, 9.17) is 0 Å². The van der Waals surface area contributed by atoms with Crippen LogP contribution in [0.2, 0.25) is 0 Å². The highest BCUT2D eigenvalue weighted by atomic mass is 16.2. The monoisotopic (exact) mass is 378 g/mol. The third kappa shape index (κ3) is 3.46. The second-order valence-electron chi connectivity index (χ2n) is 7.69. The number of anilines is 2. The van der Waals surface area contributed by atoms with E-state index < -0.39 is 0 Å². The Morgan fingerprint density at radius 1 is 1.14 bits per heavy atom. The molecule has 0 aliphatic carbocycles. The number of fused-ring (bicyclic) bond motifs is 1. The number of hydrazine groups is 1. The van der Waals surface area contributed by atoms with Crippen LogP contribution in [0.15, 0.2) is 42.6 Å². The summed E-state index contributed by atoms with van der Waals surface area (Å²) in [4.78, 5) is 22.5. The number of rotatable bonds is 4. The third-order valence-corrected chi connectivity index (χ3v) is 5.47. The molecule has 7 heteroatoms. The standard InChI is InChI=1S/C21H26N6O/c1-12-13(2)25-26-19(12)21(28)23-16-8-15-10-18(24-20(15)22-11-16)14-6-5-7-17(9-14)27(3)4/h5-13,19,25-26H,1-4H3,(H,22,24)(H,23,28). The summed E-state index contributed by atoms with van der Waals surface area (Å²) >= 11 is 0. The molecule has 3 unspecified atom stereocenters. The molecule has 1 aromatic carbocycles. The first kappa shape index (κ1) is 18.5. The number of hydrogen-bond donors (Lipinski definition) is 4. The summed E-state index contributed by atoms with van der Waals surface area (Å²) < 4.78 is 0. The molecule has 0 radical (unpaired) electrons. The fourth-order valence-corrected chi connectivity index (χ4v) is 3.49. The summed E-state index contributed by atoms with van der Waals surface area (Å²) in [6.45, 7) is 4.12. The molecule has 3 atom stereocenters. The highest BCUT2D eigenvalue weighted by Gasteiger charge is 2.34. The number of aromatic amines is 1. The van der Waals surface area contributed by atoms with Crippen LogP contribution < -0.4 is 21.1 Å². The molecule has 146 valence electrons. The summed E-state index contributed by atoms with van der Waals surface area (Å²) in [6, 6.07) is 12.3. The van der Waals surface area contributed by atoms with E-state index in [1.807, 2.05) is 26.2 Å². The topological polar surface area (TPSA) is 85.1 Å². The molecule has 4 N–H and O–H groups in total. The highest BCUT2D eigenvalue weighted by molar-refractivity contribution is 5.97. The Morgan fingerprint density at radius 3 is 2.68 bits per heavy atom. The molecule has 3 heterocycles. The van der Waals surface area contributed by atoms with E-state index in [0.717, 1.165) is 28.0 Å². The fourth-order valence-electron chi connectivity index (χ4n) is 3.49. The zero-order valence-corrected chi connectivity index (χ0v) is 16.6. The van der Waals surface area contributed by atoms with Crippen LogP contribution in [0.3, 0.4) is 0 Å². The molecule has 0 bridgehead atoms. The van der Waals surface area contributed by atoms with Gasteiger partial charge in [0, 0.05) is 42.5 Å². The molecule has 3 aromatic rings. The number of H-pyrrole nitrogens is 1. The SMILES string of the molecule is CC1NNC(C(=O)Nc2cnc3[nH]c(-c4cccc(N(C)C)c4)cc3c2)C1C. The van der Waals surface area contributed by atoms with Crippen LogP contribution in [0.1, 0.15) is 13.8 Å². The maximum absolute atomic E-state index is 12.6. The summed E-state index contributed by atoms with van der Waals surface area (Å²) in [7, 11) is 4.05. The second kappa shape index (κ2) is 7.26. The summed E-state index contributed by atoms with van der Waals surface area (Å²) in [5.74, 6) is 0.152. The average Bonchev–Trinajstić information content (AvgIpc) is 3.25. The molecule has 0 saturated carbocycles. The van der Waals surface area contributed by atoms with Crippen LogP contribution in [0.5, 0.6) is 0 Å². The van der Waals surface area contributed by atoms with Crippen molar-refractivity contribution >= 4 is 28.3 Å². The molecule has 1 amide bonds. The Morgan fingerprint density at radius 2 is 1.96 bits per heavy atom. The molecule has 4 rings (SSSR count). The molecular weight excluding hydrogens is 352 g/mol. The molecule has 1 aliphatic heterocycles. The van der Waals surface area contributed by atoms with Gasteiger partial charge in [-0.3, -0.25) is 10.2 Å². The Labute approximate surface area is 164 Å². The molecule has 1 saturated heterocycles. The predicted octanol–water partition coefficient (Wildman–Crippen LogP) is 2.74. The van der Waals surface area contributed by atoms with Gasteiger partial charge in [-0.1, -0.05) is 19.1 Å². The minimum absolute atomic E-state index is 0.0556. The molecule has 2 aromatic heterocycles. The maximum Gasteiger partial charge on any atom is 0.243 e. The molecule has 1 aliphatic rings. The van der Waals surface area contributed by atoms with Crippen LogP contribution in [-0.2, 0) is 4.79 Å². The molecule has 7 nitrogen and oxygen atoms in total. The van der Waals surface area contributed by atoms with Gasteiger partial charge in [0.1, 0.15) is 11.7 Å². The van der Waals surface area contributed by atoms with Gasteiger partial charge in [-0.25, -0.2) is 10.4 Å². The molecule has 28 heavy (non-hydrogen) atoms. The second-order valence-corrected chi connectivity index (χ2v) is 7.69.